The van der Waals surface area contributed by atoms with Gasteiger partial charge in [-0.1, -0.05) is 36.7 Å². The molecule has 26 heavy (non-hydrogen) atoms. The molecule has 0 aliphatic carbocycles. The fourth-order valence-electron chi connectivity index (χ4n) is 3.45. The zero-order chi connectivity index (χ0) is 18.8. The Morgan fingerprint density at radius 3 is 2.73 bits per heavy atom. The third-order valence-electron chi connectivity index (χ3n) is 4.65. The Morgan fingerprint density at radius 2 is 2.08 bits per heavy atom. The fourth-order valence-corrected chi connectivity index (χ4v) is 3.70. The molecule has 0 bridgehead atoms. The van der Waals surface area contributed by atoms with Crippen LogP contribution in [0, 0.1) is 10.1 Å². The van der Waals surface area contributed by atoms with Gasteiger partial charge < -0.3 is 10.2 Å². The summed E-state index contributed by atoms with van der Waals surface area (Å²) in [5.41, 5.74) is 2.53. The molecule has 1 aliphatic heterocycles. The average Bonchev–Trinajstić information content (AvgIpc) is 2.61. The molecule has 1 aliphatic rings. The summed E-state index contributed by atoms with van der Waals surface area (Å²) in [6, 6.07) is 12.5. The molecule has 2 aromatic carbocycles. The number of carbonyl (C=O) groups is 1. The summed E-state index contributed by atoms with van der Waals surface area (Å²) in [5, 5.41) is 14.4. The summed E-state index contributed by atoms with van der Waals surface area (Å²) in [6.07, 6.45) is 1.19. The van der Waals surface area contributed by atoms with Gasteiger partial charge in [-0.3, -0.25) is 14.9 Å². The molecule has 136 valence electrons. The first kappa shape index (κ1) is 18.2. The number of halogens is 1. The van der Waals surface area contributed by atoms with Gasteiger partial charge >= 0.3 is 0 Å². The highest BCUT2D eigenvalue weighted by molar-refractivity contribution is 6.32. The van der Waals surface area contributed by atoms with Gasteiger partial charge in [0.05, 0.1) is 11.0 Å². The molecule has 0 saturated carbocycles. The Labute approximate surface area is 156 Å². The zero-order valence-corrected chi connectivity index (χ0v) is 15.4. The minimum atomic E-state index is -0.502. The third kappa shape index (κ3) is 3.37. The van der Waals surface area contributed by atoms with E-state index in [0.717, 1.165) is 17.7 Å². The summed E-state index contributed by atoms with van der Waals surface area (Å²) < 4.78 is 0. The van der Waals surface area contributed by atoms with E-state index in [2.05, 4.69) is 5.32 Å². The molecule has 1 amide bonds. The Hall–Kier alpha value is -2.60. The minimum Gasteiger partial charge on any atom is -0.378 e. The smallest absolute Gasteiger partial charge is 0.288 e. The van der Waals surface area contributed by atoms with Crippen LogP contribution in [0.5, 0.6) is 0 Å². The van der Waals surface area contributed by atoms with Crippen molar-refractivity contribution in [2.24, 2.45) is 0 Å². The van der Waals surface area contributed by atoms with E-state index in [1.165, 1.54) is 6.07 Å². The average molecular weight is 374 g/mol. The van der Waals surface area contributed by atoms with Gasteiger partial charge in [-0.25, -0.2) is 0 Å². The maximum Gasteiger partial charge on any atom is 0.288 e. The van der Waals surface area contributed by atoms with Crippen LogP contribution in [-0.4, -0.2) is 16.9 Å². The number of hydrogen-bond donors (Lipinski definition) is 1. The van der Waals surface area contributed by atoms with Gasteiger partial charge in [-0.05, 0) is 37.1 Å². The van der Waals surface area contributed by atoms with E-state index < -0.39 is 4.92 Å². The molecule has 0 unspecified atom stereocenters. The number of nitro benzene ring substituents is 1. The van der Waals surface area contributed by atoms with E-state index in [1.807, 2.05) is 43.0 Å². The van der Waals surface area contributed by atoms with Crippen molar-refractivity contribution >= 4 is 34.6 Å². The lowest BCUT2D eigenvalue weighted by Gasteiger charge is -2.40. The number of para-hydroxylation sites is 1. The molecule has 0 saturated heterocycles. The van der Waals surface area contributed by atoms with Crippen molar-refractivity contribution in [3.63, 3.8) is 0 Å². The van der Waals surface area contributed by atoms with Gasteiger partial charge in [-0.2, -0.15) is 0 Å². The highest BCUT2D eigenvalue weighted by Crippen LogP contribution is 2.39. The molecule has 3 rings (SSSR count). The van der Waals surface area contributed by atoms with Crippen LogP contribution in [0.25, 0.3) is 0 Å². The Balaban J connectivity index is 1.93. The maximum atomic E-state index is 12.4. The number of amides is 1. The lowest BCUT2D eigenvalue weighted by molar-refractivity contribution is -0.384. The molecule has 0 spiro atoms. The van der Waals surface area contributed by atoms with Gasteiger partial charge in [0.1, 0.15) is 5.02 Å². The number of nitro groups is 1. The van der Waals surface area contributed by atoms with Crippen LogP contribution in [0.4, 0.5) is 17.1 Å². The van der Waals surface area contributed by atoms with Crippen molar-refractivity contribution in [3.8, 4) is 0 Å². The van der Waals surface area contributed by atoms with Crippen LogP contribution in [0.1, 0.15) is 38.3 Å². The molecular formula is C19H20ClN3O3. The van der Waals surface area contributed by atoms with E-state index in [1.54, 1.807) is 12.1 Å². The molecule has 2 atom stereocenters. The molecule has 1 heterocycles. The SMILES string of the molecule is CCC(=O)N1c2ccccc2[C@H](Nc2ccc([N+](=O)[O-])c(Cl)c2)C[C@@H]1C. The Bertz CT molecular complexity index is 856. The fraction of sp³-hybridized carbons (Fsp3) is 0.316. The van der Waals surface area contributed by atoms with E-state index in [4.69, 9.17) is 11.6 Å². The standard InChI is InChI=1S/C19H20ClN3O3/c1-3-19(24)22-12(2)10-16(14-6-4-5-7-17(14)22)21-13-8-9-18(23(25)26)15(20)11-13/h4-9,11-12,16,21H,3,10H2,1-2H3/t12-,16+/m0/s1. The Kier molecular flexibility index (Phi) is 5.13. The second-order valence-corrected chi connectivity index (χ2v) is 6.79. The zero-order valence-electron chi connectivity index (χ0n) is 14.6. The lowest BCUT2D eigenvalue weighted by Crippen LogP contribution is -2.44. The van der Waals surface area contributed by atoms with Crippen molar-refractivity contribution in [1.29, 1.82) is 0 Å². The Morgan fingerprint density at radius 1 is 1.35 bits per heavy atom. The maximum absolute atomic E-state index is 12.4. The first-order valence-electron chi connectivity index (χ1n) is 8.53. The predicted molar refractivity (Wildman–Crippen MR) is 103 cm³/mol. The van der Waals surface area contributed by atoms with E-state index in [-0.39, 0.29) is 28.7 Å². The molecule has 6 nitrogen and oxygen atoms in total. The van der Waals surface area contributed by atoms with Gasteiger partial charge in [0.25, 0.3) is 5.69 Å². The summed E-state index contributed by atoms with van der Waals surface area (Å²) in [7, 11) is 0. The minimum absolute atomic E-state index is 0.0142. The molecule has 1 N–H and O–H groups in total. The van der Waals surface area contributed by atoms with Gasteiger partial charge in [0.2, 0.25) is 5.91 Å². The second kappa shape index (κ2) is 7.33. The first-order valence-corrected chi connectivity index (χ1v) is 8.91. The van der Waals surface area contributed by atoms with Crippen LogP contribution in [0.15, 0.2) is 42.5 Å². The number of fused-ring (bicyclic) bond motifs is 1. The molecule has 0 radical (unpaired) electrons. The van der Waals surface area contributed by atoms with Crippen LogP contribution in [0.2, 0.25) is 5.02 Å². The summed E-state index contributed by atoms with van der Waals surface area (Å²) in [4.78, 5) is 24.7. The monoisotopic (exact) mass is 373 g/mol. The lowest BCUT2D eigenvalue weighted by atomic mass is 9.91. The largest absolute Gasteiger partial charge is 0.378 e. The van der Waals surface area contributed by atoms with Crippen molar-refractivity contribution in [3.05, 3.63) is 63.2 Å². The number of hydrogen-bond acceptors (Lipinski definition) is 4. The van der Waals surface area contributed by atoms with Gasteiger partial charge in [-0.15, -0.1) is 0 Å². The molecule has 7 heteroatoms. The van der Waals surface area contributed by atoms with E-state index >= 15 is 0 Å². The summed E-state index contributed by atoms with van der Waals surface area (Å²) in [5.74, 6) is 0.0989. The molecule has 0 fully saturated rings. The van der Waals surface area contributed by atoms with Crippen molar-refractivity contribution < 1.29 is 9.72 Å². The van der Waals surface area contributed by atoms with E-state index in [0.29, 0.717) is 12.1 Å². The van der Waals surface area contributed by atoms with Crippen LogP contribution in [0.3, 0.4) is 0 Å². The second-order valence-electron chi connectivity index (χ2n) is 6.38. The number of anilines is 2. The summed E-state index contributed by atoms with van der Waals surface area (Å²) in [6.45, 7) is 3.89. The normalized spacial score (nSPS) is 19.0. The van der Waals surface area contributed by atoms with Gasteiger partial charge in [0, 0.05) is 29.9 Å². The van der Waals surface area contributed by atoms with Crippen LogP contribution in [-0.2, 0) is 4.79 Å². The number of carbonyl (C=O) groups excluding carboxylic acids is 1. The predicted octanol–water partition coefficient (Wildman–Crippen LogP) is 4.94. The third-order valence-corrected chi connectivity index (χ3v) is 4.95. The van der Waals surface area contributed by atoms with E-state index in [9.17, 15) is 14.9 Å². The van der Waals surface area contributed by atoms with Crippen molar-refractivity contribution in [2.75, 3.05) is 10.2 Å². The first-order chi connectivity index (χ1) is 12.4. The molecular weight excluding hydrogens is 354 g/mol. The van der Waals surface area contributed by atoms with Crippen LogP contribution < -0.4 is 10.2 Å². The highest BCUT2D eigenvalue weighted by Gasteiger charge is 2.32. The number of nitrogens with zero attached hydrogens (tertiary/aromatic N) is 2. The number of benzene rings is 2. The number of rotatable bonds is 4. The summed E-state index contributed by atoms with van der Waals surface area (Å²) >= 11 is 6.02. The highest BCUT2D eigenvalue weighted by atomic mass is 35.5. The number of nitrogens with one attached hydrogen (secondary N) is 1. The van der Waals surface area contributed by atoms with Crippen LogP contribution >= 0.6 is 11.6 Å². The quantitative estimate of drug-likeness (QED) is 0.608. The van der Waals surface area contributed by atoms with Crippen molar-refractivity contribution in [2.45, 2.75) is 38.8 Å². The molecule has 0 aromatic heterocycles. The molecule has 2 aromatic rings. The topological polar surface area (TPSA) is 75.5 Å². The van der Waals surface area contributed by atoms with Crippen molar-refractivity contribution in [1.82, 2.24) is 0 Å². The van der Waals surface area contributed by atoms with Gasteiger partial charge in [0.15, 0.2) is 0 Å².